The Balaban J connectivity index is 1.63. The number of nitrogens with zero attached hydrogens (tertiary/aromatic N) is 2. The van der Waals surface area contributed by atoms with Gasteiger partial charge in [0.05, 0.1) is 6.54 Å². The van der Waals surface area contributed by atoms with E-state index in [0.717, 1.165) is 18.7 Å². The highest BCUT2D eigenvalue weighted by Crippen LogP contribution is 2.16. The van der Waals surface area contributed by atoms with Gasteiger partial charge in [0.15, 0.2) is 6.61 Å². The van der Waals surface area contributed by atoms with Crippen molar-refractivity contribution in [2.24, 2.45) is 0 Å². The van der Waals surface area contributed by atoms with E-state index >= 15 is 0 Å². The van der Waals surface area contributed by atoms with Crippen LogP contribution in [0.15, 0.2) is 72.9 Å². The molecule has 0 saturated carbocycles. The van der Waals surface area contributed by atoms with Gasteiger partial charge in [0, 0.05) is 30.0 Å². The second kappa shape index (κ2) is 10.00. The Kier molecular flexibility index (Phi) is 7.15. The molecule has 2 aromatic carbocycles. The third-order valence-corrected chi connectivity index (χ3v) is 4.75. The smallest absolute Gasteiger partial charge is 0.260 e. The standard InChI is InChI=1S/C23H25ClN2O2/c1-2-14-26(23(27)18-28-22-12-10-20(24)11-13-22)17-21-9-6-15-25(21)16-19-7-4-3-5-8-19/h3-13,15H,2,14,16-18H2,1H3. The number of hydrogen-bond donors (Lipinski definition) is 0. The molecule has 0 aliphatic carbocycles. The molecule has 4 nitrogen and oxygen atoms in total. The molecule has 3 aromatic rings. The highest BCUT2D eigenvalue weighted by molar-refractivity contribution is 6.30. The molecule has 0 spiro atoms. The predicted molar refractivity (Wildman–Crippen MR) is 113 cm³/mol. The Morgan fingerprint density at radius 3 is 2.50 bits per heavy atom. The van der Waals surface area contributed by atoms with Crippen LogP contribution in [0.25, 0.3) is 0 Å². The Labute approximate surface area is 171 Å². The second-order valence-electron chi connectivity index (χ2n) is 6.67. The summed E-state index contributed by atoms with van der Waals surface area (Å²) in [6, 6.07) is 21.5. The van der Waals surface area contributed by atoms with Crippen LogP contribution in [-0.2, 0) is 17.9 Å². The van der Waals surface area contributed by atoms with Crippen LogP contribution in [0.3, 0.4) is 0 Å². The maximum absolute atomic E-state index is 12.7. The fraction of sp³-hybridized carbons (Fsp3) is 0.261. The molecule has 0 N–H and O–H groups in total. The van der Waals surface area contributed by atoms with E-state index in [1.807, 2.05) is 29.2 Å². The lowest BCUT2D eigenvalue weighted by Gasteiger charge is -2.23. The number of amides is 1. The molecule has 28 heavy (non-hydrogen) atoms. The number of rotatable bonds is 9. The molecule has 0 bridgehead atoms. The van der Waals surface area contributed by atoms with Crippen molar-refractivity contribution < 1.29 is 9.53 Å². The molecular weight excluding hydrogens is 372 g/mol. The van der Waals surface area contributed by atoms with Crippen LogP contribution in [0.5, 0.6) is 5.75 Å². The van der Waals surface area contributed by atoms with Crippen molar-refractivity contribution in [3.63, 3.8) is 0 Å². The van der Waals surface area contributed by atoms with E-state index in [1.165, 1.54) is 5.56 Å². The van der Waals surface area contributed by atoms with Crippen molar-refractivity contribution in [2.45, 2.75) is 26.4 Å². The zero-order valence-electron chi connectivity index (χ0n) is 16.1. The van der Waals surface area contributed by atoms with Gasteiger partial charge in [0.1, 0.15) is 5.75 Å². The van der Waals surface area contributed by atoms with Gasteiger partial charge < -0.3 is 14.2 Å². The molecule has 0 fully saturated rings. The van der Waals surface area contributed by atoms with Crippen LogP contribution in [0.1, 0.15) is 24.6 Å². The molecule has 5 heteroatoms. The quantitative estimate of drug-likeness (QED) is 0.509. The Hall–Kier alpha value is -2.72. The topological polar surface area (TPSA) is 34.5 Å². The normalized spacial score (nSPS) is 10.6. The molecule has 0 aliphatic heterocycles. The Morgan fingerprint density at radius 1 is 1.04 bits per heavy atom. The van der Waals surface area contributed by atoms with Gasteiger partial charge in [0.25, 0.3) is 5.91 Å². The van der Waals surface area contributed by atoms with Gasteiger partial charge in [-0.15, -0.1) is 0 Å². The number of ether oxygens (including phenoxy) is 1. The number of benzene rings is 2. The molecular formula is C23H25ClN2O2. The van der Waals surface area contributed by atoms with Crippen molar-refractivity contribution in [3.05, 3.63) is 89.2 Å². The van der Waals surface area contributed by atoms with Gasteiger partial charge in [-0.05, 0) is 48.4 Å². The zero-order chi connectivity index (χ0) is 19.8. The van der Waals surface area contributed by atoms with Crippen molar-refractivity contribution in [1.29, 1.82) is 0 Å². The molecule has 0 atom stereocenters. The average Bonchev–Trinajstić information content (AvgIpc) is 3.14. The SMILES string of the molecule is CCCN(Cc1cccn1Cc1ccccc1)C(=O)COc1ccc(Cl)cc1. The molecule has 0 aliphatic rings. The second-order valence-corrected chi connectivity index (χ2v) is 7.11. The molecule has 1 aromatic heterocycles. The minimum atomic E-state index is -0.0238. The Bertz CT molecular complexity index is 875. The van der Waals surface area contributed by atoms with Crippen LogP contribution in [-0.4, -0.2) is 28.5 Å². The van der Waals surface area contributed by atoms with E-state index in [2.05, 4.69) is 35.9 Å². The zero-order valence-corrected chi connectivity index (χ0v) is 16.8. The molecule has 0 unspecified atom stereocenters. The fourth-order valence-corrected chi connectivity index (χ4v) is 3.18. The molecule has 0 saturated heterocycles. The summed E-state index contributed by atoms with van der Waals surface area (Å²) in [7, 11) is 0. The summed E-state index contributed by atoms with van der Waals surface area (Å²) in [5.41, 5.74) is 2.34. The van der Waals surface area contributed by atoms with E-state index in [1.54, 1.807) is 24.3 Å². The lowest BCUT2D eigenvalue weighted by Crippen LogP contribution is -2.35. The first kappa shape index (κ1) is 20.0. The van der Waals surface area contributed by atoms with Crippen molar-refractivity contribution in [3.8, 4) is 5.75 Å². The summed E-state index contributed by atoms with van der Waals surface area (Å²) in [6.07, 6.45) is 2.95. The van der Waals surface area contributed by atoms with E-state index in [-0.39, 0.29) is 12.5 Å². The van der Waals surface area contributed by atoms with E-state index in [9.17, 15) is 4.79 Å². The number of carbonyl (C=O) groups excluding carboxylic acids is 1. The number of hydrogen-bond acceptors (Lipinski definition) is 2. The first-order chi connectivity index (χ1) is 13.7. The summed E-state index contributed by atoms with van der Waals surface area (Å²) in [4.78, 5) is 14.6. The van der Waals surface area contributed by atoms with Crippen LogP contribution in [0.4, 0.5) is 0 Å². The third-order valence-electron chi connectivity index (χ3n) is 4.49. The third kappa shape index (κ3) is 5.64. The summed E-state index contributed by atoms with van der Waals surface area (Å²) >= 11 is 5.89. The molecule has 0 radical (unpaired) electrons. The lowest BCUT2D eigenvalue weighted by atomic mass is 10.2. The fourth-order valence-electron chi connectivity index (χ4n) is 3.05. The van der Waals surface area contributed by atoms with Gasteiger partial charge in [-0.3, -0.25) is 4.79 Å². The minimum absolute atomic E-state index is 0.0149. The molecule has 3 rings (SSSR count). The first-order valence-electron chi connectivity index (χ1n) is 9.50. The van der Waals surface area contributed by atoms with Crippen molar-refractivity contribution in [1.82, 2.24) is 9.47 Å². The van der Waals surface area contributed by atoms with E-state index in [0.29, 0.717) is 23.9 Å². The van der Waals surface area contributed by atoms with E-state index < -0.39 is 0 Å². The summed E-state index contributed by atoms with van der Waals surface area (Å²) < 4.78 is 7.82. The van der Waals surface area contributed by atoms with Crippen molar-refractivity contribution >= 4 is 17.5 Å². The van der Waals surface area contributed by atoms with Gasteiger partial charge in [-0.25, -0.2) is 0 Å². The van der Waals surface area contributed by atoms with Crippen LogP contribution in [0, 0.1) is 0 Å². The maximum Gasteiger partial charge on any atom is 0.260 e. The van der Waals surface area contributed by atoms with Gasteiger partial charge in [0.2, 0.25) is 0 Å². The van der Waals surface area contributed by atoms with E-state index in [4.69, 9.17) is 16.3 Å². The maximum atomic E-state index is 12.7. The highest BCUT2D eigenvalue weighted by Gasteiger charge is 2.16. The minimum Gasteiger partial charge on any atom is -0.484 e. The van der Waals surface area contributed by atoms with Crippen LogP contribution >= 0.6 is 11.6 Å². The number of carbonyl (C=O) groups is 1. The summed E-state index contributed by atoms with van der Waals surface area (Å²) in [5.74, 6) is 0.617. The summed E-state index contributed by atoms with van der Waals surface area (Å²) in [5, 5.41) is 0.644. The molecule has 1 amide bonds. The first-order valence-corrected chi connectivity index (χ1v) is 9.87. The Morgan fingerprint density at radius 2 is 1.79 bits per heavy atom. The van der Waals surface area contributed by atoms with Crippen LogP contribution in [0.2, 0.25) is 5.02 Å². The van der Waals surface area contributed by atoms with Crippen molar-refractivity contribution in [2.75, 3.05) is 13.2 Å². The highest BCUT2D eigenvalue weighted by atomic mass is 35.5. The van der Waals surface area contributed by atoms with Gasteiger partial charge in [-0.2, -0.15) is 0 Å². The molecule has 146 valence electrons. The lowest BCUT2D eigenvalue weighted by molar-refractivity contribution is -0.134. The van der Waals surface area contributed by atoms with Gasteiger partial charge >= 0.3 is 0 Å². The monoisotopic (exact) mass is 396 g/mol. The number of halogens is 1. The van der Waals surface area contributed by atoms with Gasteiger partial charge in [-0.1, -0.05) is 48.9 Å². The summed E-state index contributed by atoms with van der Waals surface area (Å²) in [6.45, 7) is 4.14. The number of aromatic nitrogens is 1. The average molecular weight is 397 g/mol. The molecule has 1 heterocycles. The largest absolute Gasteiger partial charge is 0.484 e. The van der Waals surface area contributed by atoms with Crippen LogP contribution < -0.4 is 4.74 Å². The predicted octanol–water partition coefficient (Wildman–Crippen LogP) is 5.01.